The molecule has 0 spiro atoms. The molecule has 1 aliphatic rings. The van der Waals surface area contributed by atoms with Gasteiger partial charge in [-0.05, 0) is 45.2 Å². The van der Waals surface area contributed by atoms with E-state index in [1.54, 1.807) is 11.8 Å². The van der Waals surface area contributed by atoms with Gasteiger partial charge < -0.3 is 10.2 Å². The van der Waals surface area contributed by atoms with E-state index in [9.17, 15) is 23.3 Å². The van der Waals surface area contributed by atoms with Crippen LogP contribution >= 0.6 is 0 Å². The molecule has 138 valence electrons. The van der Waals surface area contributed by atoms with Crippen molar-refractivity contribution in [3.05, 3.63) is 28.3 Å². The van der Waals surface area contributed by atoms with Crippen LogP contribution in [0.5, 0.6) is 0 Å². The van der Waals surface area contributed by atoms with Crippen LogP contribution in [0.2, 0.25) is 0 Å². The summed E-state index contributed by atoms with van der Waals surface area (Å²) in [5.74, 6) is -0.117. The highest BCUT2D eigenvalue weighted by molar-refractivity contribution is 7.90. The maximum atomic E-state index is 12.6. The van der Waals surface area contributed by atoms with Gasteiger partial charge >= 0.3 is 0 Å². The monoisotopic (exact) mass is 369 g/mol. The average molecular weight is 369 g/mol. The van der Waals surface area contributed by atoms with Crippen LogP contribution in [0, 0.1) is 10.1 Å². The van der Waals surface area contributed by atoms with Gasteiger partial charge in [-0.25, -0.2) is 8.42 Å². The molecule has 1 aromatic rings. The van der Waals surface area contributed by atoms with Crippen molar-refractivity contribution in [2.45, 2.75) is 50.1 Å². The molecule has 1 aromatic carbocycles. The van der Waals surface area contributed by atoms with Gasteiger partial charge in [0.2, 0.25) is 5.91 Å². The molecule has 0 aromatic heterocycles. The number of piperidine rings is 1. The third kappa shape index (κ3) is 4.47. The van der Waals surface area contributed by atoms with Crippen LogP contribution in [-0.4, -0.2) is 49.0 Å². The van der Waals surface area contributed by atoms with Crippen molar-refractivity contribution in [2.24, 2.45) is 0 Å². The molecule has 1 fully saturated rings. The van der Waals surface area contributed by atoms with E-state index in [-0.39, 0.29) is 28.2 Å². The van der Waals surface area contributed by atoms with E-state index in [0.29, 0.717) is 6.54 Å². The zero-order valence-corrected chi connectivity index (χ0v) is 15.4. The summed E-state index contributed by atoms with van der Waals surface area (Å²) in [5, 5.41) is 14.1. The van der Waals surface area contributed by atoms with Crippen molar-refractivity contribution in [2.75, 3.05) is 18.1 Å². The fourth-order valence-corrected chi connectivity index (χ4v) is 3.63. The summed E-state index contributed by atoms with van der Waals surface area (Å²) in [6.45, 7) is 4.33. The lowest BCUT2D eigenvalue weighted by molar-refractivity contribution is -0.384. The first-order chi connectivity index (χ1) is 11.6. The molecule has 0 aliphatic carbocycles. The summed E-state index contributed by atoms with van der Waals surface area (Å²) in [5.41, 5.74) is -0.239. The number of nitro benzene ring substituents is 1. The predicted molar refractivity (Wildman–Crippen MR) is 94.3 cm³/mol. The molecule has 1 N–H and O–H groups in total. The molecule has 0 bridgehead atoms. The number of hydrogen-bond acceptors (Lipinski definition) is 6. The fraction of sp³-hybridized carbons (Fsp3) is 0.562. The van der Waals surface area contributed by atoms with Crippen molar-refractivity contribution < 1.29 is 18.1 Å². The first kappa shape index (κ1) is 19.2. The predicted octanol–water partition coefficient (Wildman–Crippen LogP) is 2.20. The Morgan fingerprint density at radius 2 is 2.08 bits per heavy atom. The molecule has 1 amide bonds. The molecule has 8 nitrogen and oxygen atoms in total. The van der Waals surface area contributed by atoms with Crippen LogP contribution in [-0.2, 0) is 14.6 Å². The Hall–Kier alpha value is -2.16. The van der Waals surface area contributed by atoms with Gasteiger partial charge in [0, 0.05) is 24.9 Å². The largest absolute Gasteiger partial charge is 0.368 e. The minimum Gasteiger partial charge on any atom is -0.368 e. The second kappa shape index (κ2) is 7.38. The number of hydrogen-bond donors (Lipinski definition) is 1. The normalized spacial score (nSPS) is 19.3. The van der Waals surface area contributed by atoms with E-state index in [0.717, 1.165) is 31.6 Å². The molecule has 25 heavy (non-hydrogen) atoms. The number of nitrogens with one attached hydrogen (secondary N) is 1. The Kier molecular flexibility index (Phi) is 5.66. The third-order valence-electron chi connectivity index (χ3n) is 4.42. The number of sulfone groups is 1. The summed E-state index contributed by atoms with van der Waals surface area (Å²) in [6, 6.07) is 3.14. The highest BCUT2D eigenvalue weighted by atomic mass is 32.2. The van der Waals surface area contributed by atoms with Gasteiger partial charge in [0.05, 0.1) is 9.82 Å². The number of benzene rings is 1. The molecular formula is C16H23N3O5S. The van der Waals surface area contributed by atoms with Crippen molar-refractivity contribution >= 4 is 27.1 Å². The second-order valence-electron chi connectivity index (χ2n) is 6.45. The minimum atomic E-state index is -3.55. The Morgan fingerprint density at radius 1 is 1.40 bits per heavy atom. The van der Waals surface area contributed by atoms with Gasteiger partial charge in [0.25, 0.3) is 5.69 Å². The molecule has 9 heteroatoms. The van der Waals surface area contributed by atoms with E-state index in [1.165, 1.54) is 12.1 Å². The van der Waals surface area contributed by atoms with Crippen molar-refractivity contribution in [3.8, 4) is 0 Å². The van der Waals surface area contributed by atoms with Crippen LogP contribution in [0.25, 0.3) is 0 Å². The Balaban J connectivity index is 2.23. The Bertz CT molecular complexity index is 778. The lowest BCUT2D eigenvalue weighted by Crippen LogP contribution is -2.48. The van der Waals surface area contributed by atoms with Gasteiger partial charge in [0.15, 0.2) is 9.84 Å². The molecule has 1 heterocycles. The topological polar surface area (TPSA) is 110 Å². The van der Waals surface area contributed by atoms with Gasteiger partial charge in [0.1, 0.15) is 11.7 Å². The quantitative estimate of drug-likeness (QED) is 0.629. The molecule has 2 rings (SSSR count). The number of rotatable bonds is 5. The highest BCUT2D eigenvalue weighted by Gasteiger charge is 2.28. The number of nitro groups is 1. The van der Waals surface area contributed by atoms with E-state index in [1.807, 2.05) is 6.92 Å². The zero-order chi connectivity index (χ0) is 18.8. The molecule has 1 saturated heterocycles. The van der Waals surface area contributed by atoms with Crippen LogP contribution in [0.15, 0.2) is 23.1 Å². The van der Waals surface area contributed by atoms with Crippen LogP contribution in [0.4, 0.5) is 11.4 Å². The second-order valence-corrected chi connectivity index (χ2v) is 8.47. The van der Waals surface area contributed by atoms with E-state index >= 15 is 0 Å². The number of amides is 1. The van der Waals surface area contributed by atoms with Crippen LogP contribution in [0.3, 0.4) is 0 Å². The lowest BCUT2D eigenvalue weighted by atomic mass is 10.0. The van der Waals surface area contributed by atoms with Gasteiger partial charge in [-0.1, -0.05) is 0 Å². The van der Waals surface area contributed by atoms with E-state index in [2.05, 4.69) is 5.32 Å². The van der Waals surface area contributed by atoms with E-state index in [4.69, 9.17) is 0 Å². The van der Waals surface area contributed by atoms with Gasteiger partial charge in [-0.15, -0.1) is 0 Å². The summed E-state index contributed by atoms with van der Waals surface area (Å²) in [4.78, 5) is 24.9. The molecule has 0 radical (unpaired) electrons. The van der Waals surface area contributed by atoms with Crippen molar-refractivity contribution in [1.29, 1.82) is 0 Å². The number of anilines is 1. The first-order valence-electron chi connectivity index (χ1n) is 8.16. The summed E-state index contributed by atoms with van der Waals surface area (Å²) in [7, 11) is -3.55. The molecular weight excluding hydrogens is 346 g/mol. The number of nitrogens with zero attached hydrogens (tertiary/aromatic N) is 2. The summed E-state index contributed by atoms with van der Waals surface area (Å²) < 4.78 is 23.2. The summed E-state index contributed by atoms with van der Waals surface area (Å²) in [6.07, 6.45) is 3.97. The standard InChI is InChI=1S/C16H23N3O5S/c1-11-6-4-5-9-18(11)16(20)12(2)17-14-8-7-13(25(3,23)24)10-15(14)19(21)22/h7-8,10-12,17H,4-6,9H2,1-3H3. The lowest BCUT2D eigenvalue weighted by Gasteiger charge is -2.35. The first-order valence-corrected chi connectivity index (χ1v) is 10.1. The molecule has 1 aliphatic heterocycles. The van der Waals surface area contributed by atoms with Crippen molar-refractivity contribution in [3.63, 3.8) is 0 Å². The van der Waals surface area contributed by atoms with Gasteiger partial charge in [-0.2, -0.15) is 0 Å². The minimum absolute atomic E-state index is 0.117. The SMILES string of the molecule is CC(Nc1ccc(S(C)(=O)=O)cc1[N+](=O)[O-])C(=O)N1CCCCC1C. The molecule has 2 unspecified atom stereocenters. The molecule has 2 atom stereocenters. The third-order valence-corrected chi connectivity index (χ3v) is 5.53. The maximum absolute atomic E-state index is 12.6. The number of likely N-dealkylation sites (tertiary alicyclic amines) is 1. The number of carbonyl (C=O) groups is 1. The van der Waals surface area contributed by atoms with Crippen molar-refractivity contribution in [1.82, 2.24) is 4.90 Å². The van der Waals surface area contributed by atoms with E-state index < -0.39 is 20.8 Å². The number of carbonyl (C=O) groups excluding carboxylic acids is 1. The molecule has 0 saturated carbocycles. The Labute approximate surface area is 147 Å². The smallest absolute Gasteiger partial charge is 0.293 e. The Morgan fingerprint density at radius 3 is 2.64 bits per heavy atom. The zero-order valence-electron chi connectivity index (χ0n) is 14.6. The average Bonchev–Trinajstić information content (AvgIpc) is 2.53. The fourth-order valence-electron chi connectivity index (χ4n) is 2.98. The van der Waals surface area contributed by atoms with Crippen LogP contribution in [0.1, 0.15) is 33.1 Å². The summed E-state index contributed by atoms with van der Waals surface area (Å²) >= 11 is 0. The van der Waals surface area contributed by atoms with Crippen LogP contribution < -0.4 is 5.32 Å². The maximum Gasteiger partial charge on any atom is 0.293 e. The van der Waals surface area contributed by atoms with Gasteiger partial charge in [-0.3, -0.25) is 14.9 Å². The highest BCUT2D eigenvalue weighted by Crippen LogP contribution is 2.28.